The first kappa shape index (κ1) is 17.4. The van der Waals surface area contributed by atoms with Crippen LogP contribution in [0.4, 0.5) is 5.69 Å². The Labute approximate surface area is 129 Å². The maximum absolute atomic E-state index is 11.7. The van der Waals surface area contributed by atoms with E-state index in [1.807, 2.05) is 25.1 Å². The van der Waals surface area contributed by atoms with Crippen LogP contribution in [-0.4, -0.2) is 30.8 Å². The molecule has 1 amide bonds. The van der Waals surface area contributed by atoms with E-state index in [9.17, 15) is 9.59 Å². The first-order valence-electron chi connectivity index (χ1n) is 6.94. The van der Waals surface area contributed by atoms with Crippen LogP contribution in [-0.2, 0) is 14.3 Å². The number of carbonyl (C=O) groups excluding carboxylic acids is 2. The molecule has 0 saturated carbocycles. The average Bonchev–Trinajstić information content (AvgIpc) is 2.45. The monoisotopic (exact) mass is 310 g/mol. The summed E-state index contributed by atoms with van der Waals surface area (Å²) in [6, 6.07) is 5.71. The van der Waals surface area contributed by atoms with E-state index in [2.05, 4.69) is 5.32 Å². The van der Waals surface area contributed by atoms with E-state index in [1.54, 1.807) is 6.92 Å². The van der Waals surface area contributed by atoms with Gasteiger partial charge in [-0.15, -0.1) is 11.8 Å². The lowest BCUT2D eigenvalue weighted by atomic mass is 10.2. The average molecular weight is 310 g/mol. The number of rotatable bonds is 8. The molecule has 0 aliphatic rings. The third kappa shape index (κ3) is 7.04. The van der Waals surface area contributed by atoms with Crippen molar-refractivity contribution in [1.29, 1.82) is 0 Å². The van der Waals surface area contributed by atoms with E-state index in [0.29, 0.717) is 31.7 Å². The molecule has 0 fully saturated rings. The Morgan fingerprint density at radius 2 is 2.14 bits per heavy atom. The topological polar surface area (TPSA) is 81.4 Å². The second-order valence-corrected chi connectivity index (χ2v) is 5.61. The van der Waals surface area contributed by atoms with Crippen LogP contribution in [0.1, 0.15) is 25.3 Å². The van der Waals surface area contributed by atoms with Crippen LogP contribution in [0.25, 0.3) is 0 Å². The van der Waals surface area contributed by atoms with Crippen LogP contribution in [0, 0.1) is 6.92 Å². The van der Waals surface area contributed by atoms with Crippen molar-refractivity contribution in [3.05, 3.63) is 23.8 Å². The molecule has 21 heavy (non-hydrogen) atoms. The number of esters is 1. The van der Waals surface area contributed by atoms with E-state index < -0.39 is 0 Å². The molecule has 6 heteroatoms. The number of aryl methyl sites for hydroxylation is 1. The first-order chi connectivity index (χ1) is 10.0. The highest BCUT2D eigenvalue weighted by atomic mass is 32.2. The van der Waals surface area contributed by atoms with E-state index in [-0.39, 0.29) is 11.9 Å². The van der Waals surface area contributed by atoms with Crippen molar-refractivity contribution in [3.8, 4) is 0 Å². The minimum absolute atomic E-state index is 0.0432. The van der Waals surface area contributed by atoms with Gasteiger partial charge in [0.2, 0.25) is 5.91 Å². The summed E-state index contributed by atoms with van der Waals surface area (Å²) in [6.45, 7) is 4.59. The molecule has 0 aliphatic heterocycles. The Kier molecular flexibility index (Phi) is 7.68. The maximum Gasteiger partial charge on any atom is 0.305 e. The third-order valence-corrected chi connectivity index (χ3v) is 3.79. The molecule has 0 heterocycles. The van der Waals surface area contributed by atoms with Gasteiger partial charge in [0.25, 0.3) is 0 Å². The molecule has 0 radical (unpaired) electrons. The summed E-state index contributed by atoms with van der Waals surface area (Å²) in [7, 11) is 0. The van der Waals surface area contributed by atoms with Gasteiger partial charge in [-0.3, -0.25) is 9.59 Å². The van der Waals surface area contributed by atoms with E-state index in [0.717, 1.165) is 16.1 Å². The summed E-state index contributed by atoms with van der Waals surface area (Å²) in [5, 5.41) is 2.78. The van der Waals surface area contributed by atoms with Gasteiger partial charge in [-0.05, 0) is 44.0 Å². The molecule has 116 valence electrons. The molecule has 1 aromatic carbocycles. The highest BCUT2D eigenvalue weighted by molar-refractivity contribution is 8.00. The summed E-state index contributed by atoms with van der Waals surface area (Å²) in [4.78, 5) is 23.8. The molecule has 0 saturated heterocycles. The lowest BCUT2D eigenvalue weighted by Gasteiger charge is -2.06. The van der Waals surface area contributed by atoms with Crippen molar-refractivity contribution < 1.29 is 14.3 Å². The van der Waals surface area contributed by atoms with Gasteiger partial charge in [0.15, 0.2) is 0 Å². The molecule has 1 aromatic rings. The number of thioether (sulfide) groups is 1. The van der Waals surface area contributed by atoms with E-state index >= 15 is 0 Å². The molecule has 1 rings (SSSR count). The number of nitrogens with one attached hydrogen (secondary N) is 1. The molecule has 3 N–H and O–H groups in total. The molecule has 0 aliphatic carbocycles. The van der Waals surface area contributed by atoms with Gasteiger partial charge in [-0.1, -0.05) is 0 Å². The van der Waals surface area contributed by atoms with Crippen molar-refractivity contribution in [2.24, 2.45) is 0 Å². The summed E-state index contributed by atoms with van der Waals surface area (Å²) < 4.78 is 4.81. The van der Waals surface area contributed by atoms with Crippen LogP contribution in [0.2, 0.25) is 0 Å². The number of amides is 1. The number of nitrogen functional groups attached to an aromatic ring is 1. The smallest absolute Gasteiger partial charge is 0.305 e. The van der Waals surface area contributed by atoms with Crippen molar-refractivity contribution >= 4 is 29.3 Å². The van der Waals surface area contributed by atoms with Gasteiger partial charge in [0.1, 0.15) is 0 Å². The van der Waals surface area contributed by atoms with Gasteiger partial charge in [0, 0.05) is 23.5 Å². The fraction of sp³-hybridized carbons (Fsp3) is 0.467. The molecule has 0 bridgehead atoms. The van der Waals surface area contributed by atoms with Crippen molar-refractivity contribution in [3.63, 3.8) is 0 Å². The predicted octanol–water partition coefficient (Wildman–Crippen LogP) is 2.13. The number of hydrogen-bond donors (Lipinski definition) is 2. The Morgan fingerprint density at radius 3 is 2.81 bits per heavy atom. The Morgan fingerprint density at radius 1 is 1.38 bits per heavy atom. The normalized spacial score (nSPS) is 10.2. The van der Waals surface area contributed by atoms with Gasteiger partial charge >= 0.3 is 5.97 Å². The zero-order valence-corrected chi connectivity index (χ0v) is 13.3. The summed E-state index contributed by atoms with van der Waals surface area (Å²) in [5.74, 6) is 0.0831. The van der Waals surface area contributed by atoms with Gasteiger partial charge in [0.05, 0.1) is 12.4 Å². The van der Waals surface area contributed by atoms with Gasteiger partial charge in [-0.2, -0.15) is 0 Å². The summed E-state index contributed by atoms with van der Waals surface area (Å²) in [6.07, 6.45) is 0.925. The number of hydrogen-bond acceptors (Lipinski definition) is 5. The van der Waals surface area contributed by atoms with Crippen LogP contribution < -0.4 is 11.1 Å². The SMILES string of the molecule is CCOC(=O)CCCNC(=O)CSc1ccc(N)c(C)c1. The first-order valence-corrected chi connectivity index (χ1v) is 7.92. The molecular weight excluding hydrogens is 288 g/mol. The third-order valence-electron chi connectivity index (χ3n) is 2.80. The van der Waals surface area contributed by atoms with Crippen LogP contribution in [0.3, 0.4) is 0 Å². The number of nitrogens with two attached hydrogens (primary N) is 1. The second-order valence-electron chi connectivity index (χ2n) is 4.57. The van der Waals surface area contributed by atoms with Crippen LogP contribution in [0.5, 0.6) is 0 Å². The summed E-state index contributed by atoms with van der Waals surface area (Å²) >= 11 is 1.46. The van der Waals surface area contributed by atoms with Crippen LogP contribution >= 0.6 is 11.8 Å². The Hall–Kier alpha value is -1.69. The minimum atomic E-state index is -0.224. The summed E-state index contributed by atoms with van der Waals surface area (Å²) in [5.41, 5.74) is 7.51. The van der Waals surface area contributed by atoms with E-state index in [4.69, 9.17) is 10.5 Å². The standard InChI is InChI=1S/C15H22N2O3S/c1-3-20-15(19)5-4-8-17-14(18)10-21-12-6-7-13(16)11(2)9-12/h6-7,9H,3-5,8,10,16H2,1-2H3,(H,17,18). The Bertz CT molecular complexity index is 492. The number of benzene rings is 1. The lowest BCUT2D eigenvalue weighted by molar-refractivity contribution is -0.143. The molecule has 0 spiro atoms. The second kappa shape index (κ2) is 9.28. The Balaban J connectivity index is 2.19. The number of anilines is 1. The fourth-order valence-corrected chi connectivity index (χ4v) is 2.46. The lowest BCUT2D eigenvalue weighted by Crippen LogP contribution is -2.26. The number of ether oxygens (including phenoxy) is 1. The highest BCUT2D eigenvalue weighted by Gasteiger charge is 2.05. The predicted molar refractivity (Wildman–Crippen MR) is 85.2 cm³/mol. The minimum Gasteiger partial charge on any atom is -0.466 e. The molecule has 0 unspecified atom stereocenters. The molecule has 0 aromatic heterocycles. The van der Waals surface area contributed by atoms with Crippen molar-refractivity contribution in [1.82, 2.24) is 5.32 Å². The quantitative estimate of drug-likeness (QED) is 0.333. The highest BCUT2D eigenvalue weighted by Crippen LogP contribution is 2.22. The molecular formula is C15H22N2O3S. The number of carbonyl (C=O) groups is 2. The fourth-order valence-electron chi connectivity index (χ4n) is 1.63. The van der Waals surface area contributed by atoms with Gasteiger partial charge in [-0.25, -0.2) is 0 Å². The molecule has 0 atom stereocenters. The zero-order valence-electron chi connectivity index (χ0n) is 12.5. The maximum atomic E-state index is 11.7. The largest absolute Gasteiger partial charge is 0.466 e. The van der Waals surface area contributed by atoms with Crippen LogP contribution in [0.15, 0.2) is 23.1 Å². The zero-order chi connectivity index (χ0) is 15.7. The molecule has 5 nitrogen and oxygen atoms in total. The van der Waals surface area contributed by atoms with Crippen molar-refractivity contribution in [2.75, 3.05) is 24.6 Å². The van der Waals surface area contributed by atoms with Crippen molar-refractivity contribution in [2.45, 2.75) is 31.6 Å². The van der Waals surface area contributed by atoms with Gasteiger partial charge < -0.3 is 15.8 Å². The van der Waals surface area contributed by atoms with E-state index in [1.165, 1.54) is 11.8 Å².